The van der Waals surface area contributed by atoms with Gasteiger partial charge in [-0.3, -0.25) is 8.97 Å². The molecule has 12 heteroatoms. The van der Waals surface area contributed by atoms with Crippen LogP contribution in [0.3, 0.4) is 0 Å². The van der Waals surface area contributed by atoms with Gasteiger partial charge in [0, 0.05) is 35.0 Å². The van der Waals surface area contributed by atoms with Gasteiger partial charge in [0.2, 0.25) is 13.5 Å². The fourth-order valence-corrected chi connectivity index (χ4v) is 6.73. The fourth-order valence-electron chi connectivity index (χ4n) is 6.48. The van der Waals surface area contributed by atoms with E-state index in [1.807, 2.05) is 24.3 Å². The minimum absolute atomic E-state index is 0.0622. The van der Waals surface area contributed by atoms with E-state index in [0.717, 1.165) is 62.7 Å². The number of carbonyl (C=O) groups excluding carboxylic acids is 2. The van der Waals surface area contributed by atoms with E-state index in [0.29, 0.717) is 45.4 Å². The lowest BCUT2D eigenvalue weighted by Crippen LogP contribution is -2.57. The first-order valence-corrected chi connectivity index (χ1v) is 17.6. The Labute approximate surface area is 294 Å². The van der Waals surface area contributed by atoms with E-state index < -0.39 is 11.9 Å². The number of likely N-dealkylation sites (N-methyl/N-ethyl adjacent to an activating group) is 2. The smallest absolute Gasteiger partial charge is 0.335 e. The third-order valence-corrected chi connectivity index (χ3v) is 10.5. The summed E-state index contributed by atoms with van der Waals surface area (Å²) >= 11 is 11.9. The molecule has 4 unspecified atom stereocenters. The molecule has 4 rings (SSSR count). The van der Waals surface area contributed by atoms with Crippen LogP contribution in [-0.4, -0.2) is 111 Å². The Morgan fingerprint density at radius 2 is 1.02 bits per heavy atom. The molecule has 0 spiro atoms. The molecule has 2 aliphatic heterocycles. The van der Waals surface area contributed by atoms with E-state index in [9.17, 15) is 9.59 Å². The molecule has 0 aliphatic carbocycles. The molecule has 2 fully saturated rings. The molecule has 0 radical (unpaired) electrons. The summed E-state index contributed by atoms with van der Waals surface area (Å²) in [6.07, 6.45) is 3.73. The van der Waals surface area contributed by atoms with E-state index in [1.165, 1.54) is 0 Å². The molecule has 2 aromatic carbocycles. The Balaban J connectivity index is 1.21. The summed E-state index contributed by atoms with van der Waals surface area (Å²) in [6.45, 7) is 13.7. The molecule has 2 aliphatic rings. The van der Waals surface area contributed by atoms with Gasteiger partial charge < -0.3 is 28.4 Å². The minimum atomic E-state index is -0.586. The Bertz CT molecular complexity index is 1230. The summed E-state index contributed by atoms with van der Waals surface area (Å²) in [6, 6.07) is 14.8. The van der Waals surface area contributed by atoms with Crippen LogP contribution >= 0.6 is 23.2 Å². The number of quaternary nitrogens is 2. The van der Waals surface area contributed by atoms with Gasteiger partial charge >= 0.3 is 11.9 Å². The standard InChI is InChI=1S/C36H50Cl2N2O8/c1-5-39(6-2,29-19-33(43-21-29)23-45-31-13-9-27(37)10-14-31)25-47-35(41)17-18-36(42)48-26-40(7-3,8-4)30-20-34(44-22-30)24-46-32-15-11-28(38)12-16-32/h9-18,29-30,33-34H,5-8,19-26H2,1-4H3/q+2/b18-17+. The van der Waals surface area contributed by atoms with Crippen molar-refractivity contribution >= 4 is 35.1 Å². The molecule has 48 heavy (non-hydrogen) atoms. The summed E-state index contributed by atoms with van der Waals surface area (Å²) in [5.41, 5.74) is 0. The van der Waals surface area contributed by atoms with Gasteiger partial charge in [-0.15, -0.1) is 0 Å². The van der Waals surface area contributed by atoms with Gasteiger partial charge in [0.1, 0.15) is 36.8 Å². The van der Waals surface area contributed by atoms with Crippen LogP contribution in [0.15, 0.2) is 60.7 Å². The van der Waals surface area contributed by atoms with Crippen LogP contribution in [0, 0.1) is 0 Å². The summed E-state index contributed by atoms with van der Waals surface area (Å²) in [7, 11) is 0. The number of ether oxygens (including phenoxy) is 6. The number of hydrogen-bond donors (Lipinski definition) is 0. The molecule has 2 heterocycles. The molecule has 0 N–H and O–H groups in total. The van der Waals surface area contributed by atoms with Crippen LogP contribution in [0.2, 0.25) is 10.0 Å². The van der Waals surface area contributed by atoms with Crippen molar-refractivity contribution in [3.8, 4) is 11.5 Å². The summed E-state index contributed by atoms with van der Waals surface area (Å²) in [5, 5.41) is 1.31. The Hall–Kier alpha value is -2.86. The third-order valence-electron chi connectivity index (χ3n) is 9.97. The lowest BCUT2D eigenvalue weighted by atomic mass is 10.1. The number of esters is 2. The van der Waals surface area contributed by atoms with Crippen LogP contribution in [-0.2, 0) is 28.5 Å². The van der Waals surface area contributed by atoms with Crippen molar-refractivity contribution < 1.29 is 47.0 Å². The van der Waals surface area contributed by atoms with E-state index in [4.69, 9.17) is 51.6 Å². The normalized spacial score (nSPS) is 21.4. The quantitative estimate of drug-likeness (QED) is 0.0802. The lowest BCUT2D eigenvalue weighted by Gasteiger charge is -2.40. The third kappa shape index (κ3) is 10.3. The Morgan fingerprint density at radius 3 is 1.35 bits per heavy atom. The summed E-state index contributed by atoms with van der Waals surface area (Å²) in [5.74, 6) is 0.308. The largest absolute Gasteiger partial charge is 0.491 e. The van der Waals surface area contributed by atoms with Crippen molar-refractivity contribution in [2.45, 2.75) is 64.8 Å². The molecule has 0 saturated carbocycles. The van der Waals surface area contributed by atoms with E-state index in [1.54, 1.807) is 24.3 Å². The highest BCUT2D eigenvalue weighted by Crippen LogP contribution is 2.28. The van der Waals surface area contributed by atoms with Gasteiger partial charge in [0.15, 0.2) is 0 Å². The van der Waals surface area contributed by atoms with Crippen molar-refractivity contribution in [1.29, 1.82) is 0 Å². The van der Waals surface area contributed by atoms with Gasteiger partial charge in [0.05, 0.1) is 51.6 Å². The monoisotopic (exact) mass is 708 g/mol. The molecule has 2 saturated heterocycles. The fraction of sp³-hybridized carbons (Fsp3) is 0.556. The zero-order chi connectivity index (χ0) is 34.6. The van der Waals surface area contributed by atoms with Crippen molar-refractivity contribution in [3.05, 3.63) is 70.7 Å². The minimum Gasteiger partial charge on any atom is -0.491 e. The second kappa shape index (κ2) is 18.2. The average Bonchev–Trinajstić information content (AvgIpc) is 3.79. The average molecular weight is 710 g/mol. The van der Waals surface area contributed by atoms with Crippen LogP contribution in [0.5, 0.6) is 11.5 Å². The Morgan fingerprint density at radius 1 is 0.667 bits per heavy atom. The maximum atomic E-state index is 12.7. The topological polar surface area (TPSA) is 89.5 Å². The number of rotatable bonds is 18. The van der Waals surface area contributed by atoms with Gasteiger partial charge in [-0.25, -0.2) is 9.59 Å². The van der Waals surface area contributed by atoms with Crippen LogP contribution < -0.4 is 9.47 Å². The molecule has 0 bridgehead atoms. The first-order valence-electron chi connectivity index (χ1n) is 16.9. The zero-order valence-corrected chi connectivity index (χ0v) is 30.0. The summed E-state index contributed by atoms with van der Waals surface area (Å²) < 4.78 is 36.4. The highest BCUT2D eigenvalue weighted by molar-refractivity contribution is 6.30. The first-order chi connectivity index (χ1) is 23.1. The lowest BCUT2D eigenvalue weighted by molar-refractivity contribution is -0.961. The molecule has 4 atom stereocenters. The molecule has 0 amide bonds. The number of benzene rings is 2. The highest BCUT2D eigenvalue weighted by atomic mass is 35.5. The van der Waals surface area contributed by atoms with Crippen LogP contribution in [0.25, 0.3) is 0 Å². The maximum Gasteiger partial charge on any atom is 0.335 e. The van der Waals surface area contributed by atoms with Crippen molar-refractivity contribution in [2.24, 2.45) is 0 Å². The van der Waals surface area contributed by atoms with Gasteiger partial charge in [-0.2, -0.15) is 0 Å². The molecule has 264 valence electrons. The predicted molar refractivity (Wildman–Crippen MR) is 184 cm³/mol. The second-order valence-electron chi connectivity index (χ2n) is 12.4. The molecule has 0 aromatic heterocycles. The number of nitrogens with zero attached hydrogens (tertiary/aromatic N) is 2. The molecule has 10 nitrogen and oxygen atoms in total. The Kier molecular flexibility index (Phi) is 14.4. The molecule has 2 aromatic rings. The van der Waals surface area contributed by atoms with Crippen LogP contribution in [0.1, 0.15) is 40.5 Å². The van der Waals surface area contributed by atoms with Gasteiger partial charge in [0.25, 0.3) is 0 Å². The zero-order valence-electron chi connectivity index (χ0n) is 28.5. The maximum absolute atomic E-state index is 12.7. The van der Waals surface area contributed by atoms with Gasteiger partial charge in [-0.05, 0) is 76.2 Å². The van der Waals surface area contributed by atoms with E-state index in [2.05, 4.69) is 27.7 Å². The first kappa shape index (κ1) is 38.0. The predicted octanol–water partition coefficient (Wildman–Crippen LogP) is 6.04. The van der Waals surface area contributed by atoms with Crippen LogP contribution in [0.4, 0.5) is 0 Å². The number of carbonyl (C=O) groups is 2. The molecular formula is C36H50Cl2N2O8+2. The van der Waals surface area contributed by atoms with E-state index in [-0.39, 0.29) is 37.8 Å². The summed E-state index contributed by atoms with van der Waals surface area (Å²) in [4.78, 5) is 25.4. The number of halogens is 2. The second-order valence-corrected chi connectivity index (χ2v) is 13.3. The SMILES string of the molecule is CC[N+](CC)(COC(=O)/C=C/C(=O)OC[N+](CC)(CC)C1COC(COc2ccc(Cl)cc2)C1)C1COC(COc2ccc(Cl)cc2)C1. The highest BCUT2D eigenvalue weighted by Gasteiger charge is 2.43. The van der Waals surface area contributed by atoms with Crippen molar-refractivity contribution in [3.63, 3.8) is 0 Å². The van der Waals surface area contributed by atoms with Crippen molar-refractivity contribution in [2.75, 3.05) is 66.1 Å². The number of hydrogen-bond acceptors (Lipinski definition) is 8. The van der Waals surface area contributed by atoms with Crippen molar-refractivity contribution in [1.82, 2.24) is 0 Å². The van der Waals surface area contributed by atoms with E-state index >= 15 is 0 Å². The van der Waals surface area contributed by atoms with Gasteiger partial charge in [-0.1, -0.05) is 23.2 Å². The molecular weight excluding hydrogens is 659 g/mol.